The maximum atomic E-state index is 12.2. The van der Waals surface area contributed by atoms with Crippen LogP contribution in [0.25, 0.3) is 0 Å². The Morgan fingerprint density at radius 2 is 1.15 bits per heavy atom. The normalized spacial score (nSPS) is 27.3. The van der Waals surface area contributed by atoms with Crippen molar-refractivity contribution >= 4 is 59.2 Å². The molecule has 3 N–H and O–H groups in total. The second-order valence-electron chi connectivity index (χ2n) is 12.4. The number of rotatable bonds is 7. The topological polar surface area (TPSA) is 216 Å². The smallest absolute Gasteiger partial charge is 0.249 e. The van der Waals surface area contributed by atoms with Crippen LogP contribution in [0.1, 0.15) is 38.8 Å². The lowest BCUT2D eigenvalue weighted by atomic mass is 9.96. The summed E-state index contributed by atoms with van der Waals surface area (Å²) in [6, 6.07) is 15.2. The first kappa shape index (κ1) is 35.8. The van der Waals surface area contributed by atoms with E-state index < -0.39 is 51.6 Å². The number of amides is 3. The van der Waals surface area contributed by atoms with Crippen LogP contribution in [0.5, 0.6) is 0 Å². The molecule has 0 bridgehead atoms. The third-order valence-corrected chi connectivity index (χ3v) is 11.2. The van der Waals surface area contributed by atoms with Gasteiger partial charge < -0.3 is 50.6 Å². The van der Waals surface area contributed by atoms with Gasteiger partial charge in [-0.25, -0.2) is 0 Å². The first-order chi connectivity index (χ1) is 22.0. The van der Waals surface area contributed by atoms with Crippen molar-refractivity contribution in [3.8, 4) is 0 Å². The van der Waals surface area contributed by atoms with E-state index in [-0.39, 0.29) is 41.3 Å². The summed E-state index contributed by atoms with van der Waals surface area (Å²) >= 11 is 2.81. The van der Waals surface area contributed by atoms with Gasteiger partial charge in [-0.15, -0.1) is 23.5 Å². The highest BCUT2D eigenvalue weighted by molar-refractivity contribution is 8.02. The molecule has 4 aliphatic rings. The van der Waals surface area contributed by atoms with Crippen LogP contribution in [-0.4, -0.2) is 89.8 Å². The highest BCUT2D eigenvalue weighted by atomic mass is 32.2. The lowest BCUT2D eigenvalue weighted by Crippen LogP contribution is -2.71. The summed E-state index contributed by atoms with van der Waals surface area (Å²) in [4.78, 5) is 70.6. The Morgan fingerprint density at radius 3 is 1.60 bits per heavy atom. The number of thioether (sulfide) groups is 2. The van der Waals surface area contributed by atoms with Gasteiger partial charge in [0.05, 0.1) is 30.4 Å². The van der Waals surface area contributed by atoms with Crippen LogP contribution in [0.4, 0.5) is 0 Å². The predicted octanol–water partition coefficient (Wildman–Crippen LogP) is -2.37. The maximum absolute atomic E-state index is 12.2. The molecule has 6 rings (SSSR count). The van der Waals surface area contributed by atoms with E-state index in [1.165, 1.54) is 33.3 Å². The molecule has 6 unspecified atom stereocenters. The quantitative estimate of drug-likeness (QED) is 0.293. The zero-order valence-electron chi connectivity index (χ0n) is 26.1. The van der Waals surface area contributed by atoms with Gasteiger partial charge in [-0.2, -0.15) is 0 Å². The van der Waals surface area contributed by atoms with Crippen molar-refractivity contribution in [1.82, 2.24) is 15.1 Å². The van der Waals surface area contributed by atoms with E-state index in [1.807, 2.05) is 36.4 Å². The first-order valence-electron chi connectivity index (χ1n) is 14.7. The number of nitrogens with two attached hydrogens (primary N) is 1. The molecule has 0 radical (unpaired) electrons. The molecule has 0 saturated carbocycles. The molecule has 3 amide bonds. The molecule has 4 saturated heterocycles. The molecule has 2 aromatic carbocycles. The minimum absolute atomic E-state index is 0.000833. The van der Waals surface area contributed by atoms with Crippen molar-refractivity contribution in [3.63, 3.8) is 0 Å². The summed E-state index contributed by atoms with van der Waals surface area (Å²) in [5, 5.41) is 34.5. The van der Waals surface area contributed by atoms with E-state index in [1.54, 1.807) is 52.0 Å². The van der Waals surface area contributed by atoms with Gasteiger partial charge in [0.25, 0.3) is 0 Å². The predicted molar refractivity (Wildman–Crippen MR) is 167 cm³/mol. The number of nitrogens with zero attached hydrogens (tertiary/aromatic N) is 2. The highest BCUT2D eigenvalue weighted by Crippen LogP contribution is 2.51. The zero-order chi connectivity index (χ0) is 34.8. The van der Waals surface area contributed by atoms with Crippen LogP contribution in [-0.2, 0) is 41.6 Å². The monoisotopic (exact) mass is 683 g/mol. The van der Waals surface area contributed by atoms with Gasteiger partial charge in [-0.05, 0) is 38.8 Å². The van der Waals surface area contributed by atoms with E-state index in [4.69, 9.17) is 5.73 Å². The zero-order valence-corrected chi connectivity index (χ0v) is 27.7. The molecule has 252 valence electrons. The molecule has 0 aromatic heterocycles. The number of benzene rings is 2. The molecule has 0 aliphatic carbocycles. The number of carboxylic acid groups (broad SMARTS) is 3. The van der Waals surface area contributed by atoms with Crippen LogP contribution in [0.2, 0.25) is 0 Å². The van der Waals surface area contributed by atoms with Gasteiger partial charge in [0.15, 0.2) is 0 Å². The molecule has 2 aromatic rings. The minimum Gasteiger partial charge on any atom is -0.550 e. The number of aliphatic carboxylic acids is 3. The molecular weight excluding hydrogens is 649 g/mol. The number of β-lactam (4-membered cyclic amide) rings is 2. The summed E-state index contributed by atoms with van der Waals surface area (Å²) in [7, 11) is 0. The second kappa shape index (κ2) is 14.0. The number of carbonyl (C=O) groups excluding carboxylic acids is 6. The van der Waals surface area contributed by atoms with Gasteiger partial charge in [0.2, 0.25) is 17.7 Å². The third kappa shape index (κ3) is 7.57. The van der Waals surface area contributed by atoms with Crippen LogP contribution in [0.15, 0.2) is 60.7 Å². The number of carbonyl (C=O) groups is 6. The van der Waals surface area contributed by atoms with E-state index in [0.29, 0.717) is 0 Å². The summed E-state index contributed by atoms with van der Waals surface area (Å²) in [6.07, 6.45) is 0.191. The van der Waals surface area contributed by atoms with Gasteiger partial charge >= 0.3 is 0 Å². The fraction of sp³-hybridized carbons (Fsp3) is 0.438. The minimum atomic E-state index is -1.26. The molecule has 4 heterocycles. The Bertz CT molecular complexity index is 1540. The molecule has 6 atom stereocenters. The first-order valence-corrected chi connectivity index (χ1v) is 16.5. The maximum Gasteiger partial charge on any atom is 0.249 e. The average Bonchev–Trinajstić information content (AvgIpc) is 3.42. The van der Waals surface area contributed by atoms with Crippen LogP contribution in [0, 0.1) is 0 Å². The van der Waals surface area contributed by atoms with E-state index in [9.17, 15) is 44.1 Å². The summed E-state index contributed by atoms with van der Waals surface area (Å²) in [5.74, 6) is -4.39. The summed E-state index contributed by atoms with van der Waals surface area (Å²) in [6.45, 7) is 7.12. The molecule has 4 fully saturated rings. The SMILES string of the molecule is CC1(C)SC2C(N)C(=O)N2C1C(=O)[O-].CC1(C)SC2C(NC(=O)Cc3ccccc3)C(=O)N2C1C(=O)[O-].O=C([O-])Cc1ccccc1. The Balaban J connectivity index is 0.000000177. The molecular formula is C32H35N4O9S2-3. The van der Waals surface area contributed by atoms with E-state index >= 15 is 0 Å². The van der Waals surface area contributed by atoms with Crippen LogP contribution >= 0.6 is 23.5 Å². The van der Waals surface area contributed by atoms with Crippen LogP contribution in [0.3, 0.4) is 0 Å². The summed E-state index contributed by atoms with van der Waals surface area (Å²) in [5.41, 5.74) is 7.21. The largest absolute Gasteiger partial charge is 0.550 e. The number of carboxylic acids is 3. The number of nitrogens with one attached hydrogen (secondary N) is 1. The Labute approximate surface area is 280 Å². The van der Waals surface area contributed by atoms with Gasteiger partial charge in [-0.3, -0.25) is 14.4 Å². The average molecular weight is 684 g/mol. The lowest BCUT2D eigenvalue weighted by Gasteiger charge is -2.45. The molecule has 0 spiro atoms. The van der Waals surface area contributed by atoms with Crippen molar-refractivity contribution in [2.24, 2.45) is 5.73 Å². The number of hydrogen-bond acceptors (Lipinski definition) is 12. The molecule has 13 nitrogen and oxygen atoms in total. The molecule has 15 heteroatoms. The van der Waals surface area contributed by atoms with E-state index in [0.717, 1.165) is 11.1 Å². The number of hydrogen-bond donors (Lipinski definition) is 2. The van der Waals surface area contributed by atoms with Gasteiger partial charge in [0.1, 0.15) is 22.8 Å². The van der Waals surface area contributed by atoms with E-state index in [2.05, 4.69) is 5.32 Å². The van der Waals surface area contributed by atoms with Crippen molar-refractivity contribution in [3.05, 3.63) is 71.8 Å². The Morgan fingerprint density at radius 1 is 0.723 bits per heavy atom. The third-order valence-electron chi connectivity index (χ3n) is 8.08. The van der Waals surface area contributed by atoms with Crippen molar-refractivity contribution in [1.29, 1.82) is 0 Å². The van der Waals surface area contributed by atoms with Gasteiger partial charge in [0, 0.05) is 21.9 Å². The molecule has 4 aliphatic heterocycles. The van der Waals surface area contributed by atoms with Crippen molar-refractivity contribution in [2.45, 2.75) is 84.9 Å². The fourth-order valence-corrected chi connectivity index (χ4v) is 9.10. The lowest BCUT2D eigenvalue weighted by molar-refractivity contribution is -0.313. The second-order valence-corrected chi connectivity index (χ2v) is 16.0. The van der Waals surface area contributed by atoms with Gasteiger partial charge in [-0.1, -0.05) is 60.7 Å². The summed E-state index contributed by atoms with van der Waals surface area (Å²) < 4.78 is -1.16. The number of fused-ring (bicyclic) bond motifs is 2. The van der Waals surface area contributed by atoms with Crippen LogP contribution < -0.4 is 26.4 Å². The highest BCUT2D eigenvalue weighted by Gasteiger charge is 2.62. The Hall–Kier alpha value is -4.08. The Kier molecular flexibility index (Phi) is 10.6. The van der Waals surface area contributed by atoms with Crippen molar-refractivity contribution < 1.29 is 44.1 Å². The molecule has 47 heavy (non-hydrogen) atoms. The van der Waals surface area contributed by atoms with Crippen molar-refractivity contribution in [2.75, 3.05) is 0 Å². The fourth-order valence-electron chi connectivity index (χ4n) is 5.92. The standard InChI is InChI=1S/C16H18N2O4S.C8H12N2O3S.C8H8O2/c1-16(2)12(15(21)22)18-13(20)11(14(18)23-16)17-10(19)8-9-6-4-3-5-7-9;1-8(2)4(7(12)13)10-5(11)3(9)6(10)14-8;9-8(10)6-7-4-2-1-3-5-7/h3-7,11-12,14H,8H2,1-2H3,(H,17,19)(H,21,22);3-4,6H,9H2,1-2H3,(H,12,13);1-5H,6H2,(H,9,10)/p-3.